The Morgan fingerprint density at radius 3 is 2.65 bits per heavy atom. The molecule has 0 aliphatic carbocycles. The van der Waals surface area contributed by atoms with Crippen LogP contribution in [0.5, 0.6) is 0 Å². The SMILES string of the molecule is CCC(CSC)NC(=O)N1CCCC(CC)(C(=O)O)C1. The summed E-state index contributed by atoms with van der Waals surface area (Å²) in [5, 5.41) is 12.5. The minimum absolute atomic E-state index is 0.121. The number of hydrogen-bond acceptors (Lipinski definition) is 3. The number of carbonyl (C=O) groups is 2. The van der Waals surface area contributed by atoms with Gasteiger partial charge in [0.05, 0.1) is 5.41 Å². The van der Waals surface area contributed by atoms with Gasteiger partial charge < -0.3 is 15.3 Å². The summed E-state index contributed by atoms with van der Waals surface area (Å²) in [5.74, 6) is 0.0992. The third-order valence-electron chi connectivity index (χ3n) is 4.18. The number of rotatable bonds is 6. The number of carbonyl (C=O) groups excluding carboxylic acids is 1. The predicted octanol–water partition coefficient (Wildman–Crippen LogP) is 2.41. The van der Waals surface area contributed by atoms with Crippen molar-refractivity contribution in [3.8, 4) is 0 Å². The number of carboxylic acid groups (broad SMARTS) is 1. The van der Waals surface area contributed by atoms with E-state index in [9.17, 15) is 14.7 Å². The summed E-state index contributed by atoms with van der Waals surface area (Å²) in [6, 6.07) is 0.0324. The Bertz CT molecular complexity index is 351. The summed E-state index contributed by atoms with van der Waals surface area (Å²) >= 11 is 1.70. The molecule has 6 heteroatoms. The van der Waals surface area contributed by atoms with Crippen molar-refractivity contribution in [3.63, 3.8) is 0 Å². The number of likely N-dealkylation sites (tertiary alicyclic amines) is 1. The van der Waals surface area contributed by atoms with Crippen LogP contribution in [-0.2, 0) is 4.79 Å². The molecule has 1 saturated heterocycles. The summed E-state index contributed by atoms with van der Waals surface area (Å²) in [6.45, 7) is 4.90. The Morgan fingerprint density at radius 1 is 1.45 bits per heavy atom. The Morgan fingerprint density at radius 2 is 2.15 bits per heavy atom. The Kier molecular flexibility index (Phi) is 6.65. The van der Waals surface area contributed by atoms with Gasteiger partial charge in [0.15, 0.2) is 0 Å². The predicted molar refractivity (Wildman–Crippen MR) is 82.2 cm³/mol. The minimum atomic E-state index is -0.784. The Labute approximate surface area is 125 Å². The molecule has 0 spiro atoms. The van der Waals surface area contributed by atoms with Crippen LogP contribution in [-0.4, -0.2) is 53.1 Å². The first-order valence-corrected chi connectivity index (χ1v) is 8.66. The van der Waals surface area contributed by atoms with Crippen LogP contribution in [0.2, 0.25) is 0 Å². The second-order valence-electron chi connectivity index (χ2n) is 5.47. The molecule has 1 fully saturated rings. The second-order valence-corrected chi connectivity index (χ2v) is 6.38. The number of carboxylic acids is 1. The van der Waals surface area contributed by atoms with E-state index in [0.717, 1.165) is 18.6 Å². The van der Waals surface area contributed by atoms with Gasteiger partial charge in [0.2, 0.25) is 0 Å². The number of hydrogen-bond donors (Lipinski definition) is 2. The van der Waals surface area contributed by atoms with Crippen LogP contribution in [0.15, 0.2) is 0 Å². The van der Waals surface area contributed by atoms with Crippen LogP contribution in [0.3, 0.4) is 0 Å². The molecule has 0 aromatic carbocycles. The fourth-order valence-corrected chi connectivity index (χ4v) is 3.37. The lowest BCUT2D eigenvalue weighted by Gasteiger charge is -2.39. The van der Waals surface area contributed by atoms with E-state index in [-0.39, 0.29) is 12.1 Å². The molecule has 0 bridgehead atoms. The van der Waals surface area contributed by atoms with Crippen molar-refractivity contribution in [2.45, 2.75) is 45.6 Å². The lowest BCUT2D eigenvalue weighted by Crippen LogP contribution is -2.54. The first-order valence-electron chi connectivity index (χ1n) is 7.26. The van der Waals surface area contributed by atoms with Gasteiger partial charge >= 0.3 is 12.0 Å². The molecule has 0 aromatic heterocycles. The lowest BCUT2D eigenvalue weighted by molar-refractivity contribution is -0.152. The summed E-state index contributed by atoms with van der Waals surface area (Å²) in [4.78, 5) is 25.4. The molecule has 1 rings (SSSR count). The summed E-state index contributed by atoms with van der Waals surface area (Å²) in [5.41, 5.74) is -0.767. The number of nitrogens with one attached hydrogen (secondary N) is 1. The standard InChI is InChI=1S/C14H26N2O3S/c1-4-11(9-20-3)15-13(19)16-8-6-7-14(5-2,10-16)12(17)18/h11H,4-10H2,1-3H3,(H,15,19)(H,17,18). The maximum absolute atomic E-state index is 12.3. The Balaban J connectivity index is 2.66. The molecular formula is C14H26N2O3S. The zero-order chi connectivity index (χ0) is 15.2. The van der Waals surface area contributed by atoms with Crippen LogP contribution >= 0.6 is 11.8 Å². The molecule has 0 saturated carbocycles. The van der Waals surface area contributed by atoms with E-state index in [0.29, 0.717) is 25.9 Å². The van der Waals surface area contributed by atoms with Crippen molar-refractivity contribution in [2.75, 3.05) is 25.1 Å². The molecule has 20 heavy (non-hydrogen) atoms. The smallest absolute Gasteiger partial charge is 0.317 e. The van der Waals surface area contributed by atoms with E-state index in [4.69, 9.17) is 0 Å². The zero-order valence-electron chi connectivity index (χ0n) is 12.6. The maximum atomic E-state index is 12.3. The summed E-state index contributed by atoms with van der Waals surface area (Å²) < 4.78 is 0. The fourth-order valence-electron chi connectivity index (χ4n) is 2.65. The molecule has 5 nitrogen and oxygen atoms in total. The monoisotopic (exact) mass is 302 g/mol. The first-order chi connectivity index (χ1) is 9.49. The zero-order valence-corrected chi connectivity index (χ0v) is 13.5. The van der Waals surface area contributed by atoms with Gasteiger partial charge in [-0.1, -0.05) is 13.8 Å². The van der Waals surface area contributed by atoms with E-state index in [1.54, 1.807) is 16.7 Å². The average Bonchev–Trinajstić information content (AvgIpc) is 2.46. The Hall–Kier alpha value is -0.910. The van der Waals surface area contributed by atoms with Crippen LogP contribution in [0.25, 0.3) is 0 Å². The van der Waals surface area contributed by atoms with Crippen LogP contribution in [0.1, 0.15) is 39.5 Å². The van der Waals surface area contributed by atoms with Crippen molar-refractivity contribution in [1.82, 2.24) is 10.2 Å². The maximum Gasteiger partial charge on any atom is 0.317 e. The van der Waals surface area contributed by atoms with Gasteiger partial charge in [0, 0.05) is 24.9 Å². The molecule has 2 N–H and O–H groups in total. The van der Waals surface area contributed by atoms with Crippen LogP contribution in [0, 0.1) is 5.41 Å². The van der Waals surface area contributed by atoms with Gasteiger partial charge in [-0.25, -0.2) is 4.79 Å². The van der Waals surface area contributed by atoms with Gasteiger partial charge in [-0.2, -0.15) is 11.8 Å². The molecule has 1 heterocycles. The highest BCUT2D eigenvalue weighted by Crippen LogP contribution is 2.33. The molecule has 2 atom stereocenters. The largest absolute Gasteiger partial charge is 0.481 e. The van der Waals surface area contributed by atoms with Crippen molar-refractivity contribution in [1.29, 1.82) is 0 Å². The molecule has 2 unspecified atom stereocenters. The van der Waals surface area contributed by atoms with E-state index >= 15 is 0 Å². The third kappa shape index (κ3) is 4.04. The highest BCUT2D eigenvalue weighted by atomic mass is 32.2. The van der Waals surface area contributed by atoms with Crippen LogP contribution in [0.4, 0.5) is 4.79 Å². The number of piperidine rings is 1. The van der Waals surface area contributed by atoms with Gasteiger partial charge in [-0.3, -0.25) is 4.79 Å². The fraction of sp³-hybridized carbons (Fsp3) is 0.857. The second kappa shape index (κ2) is 7.76. The minimum Gasteiger partial charge on any atom is -0.481 e. The molecule has 116 valence electrons. The topological polar surface area (TPSA) is 69.6 Å². The molecule has 1 aliphatic rings. The van der Waals surface area contributed by atoms with Gasteiger partial charge in [0.1, 0.15) is 0 Å². The molecule has 0 aromatic rings. The normalized spacial score (nSPS) is 24.2. The van der Waals surface area contributed by atoms with Crippen molar-refractivity contribution in [2.24, 2.45) is 5.41 Å². The highest BCUT2D eigenvalue weighted by Gasteiger charge is 2.42. The number of aliphatic carboxylic acids is 1. The highest BCUT2D eigenvalue weighted by molar-refractivity contribution is 7.98. The van der Waals surface area contributed by atoms with E-state index in [1.807, 2.05) is 20.1 Å². The quantitative estimate of drug-likeness (QED) is 0.790. The third-order valence-corrected chi connectivity index (χ3v) is 4.92. The van der Waals surface area contributed by atoms with Gasteiger partial charge in [0.25, 0.3) is 0 Å². The van der Waals surface area contributed by atoms with E-state index < -0.39 is 11.4 Å². The van der Waals surface area contributed by atoms with Crippen molar-refractivity contribution < 1.29 is 14.7 Å². The van der Waals surface area contributed by atoms with Gasteiger partial charge in [-0.05, 0) is 31.9 Å². The number of nitrogens with zero attached hydrogens (tertiary/aromatic N) is 1. The molecule has 0 radical (unpaired) electrons. The number of thioether (sulfide) groups is 1. The first kappa shape index (κ1) is 17.1. The number of urea groups is 1. The molecular weight excluding hydrogens is 276 g/mol. The average molecular weight is 302 g/mol. The summed E-state index contributed by atoms with van der Waals surface area (Å²) in [6.07, 6.45) is 4.88. The van der Waals surface area contributed by atoms with Gasteiger partial charge in [-0.15, -0.1) is 0 Å². The molecule has 1 aliphatic heterocycles. The van der Waals surface area contributed by atoms with Crippen molar-refractivity contribution >= 4 is 23.8 Å². The molecule has 2 amide bonds. The number of amides is 2. The van der Waals surface area contributed by atoms with Crippen molar-refractivity contribution in [3.05, 3.63) is 0 Å². The van der Waals surface area contributed by atoms with E-state index in [1.165, 1.54) is 0 Å². The van der Waals surface area contributed by atoms with Crippen LogP contribution < -0.4 is 5.32 Å². The lowest BCUT2D eigenvalue weighted by atomic mass is 9.78. The summed E-state index contributed by atoms with van der Waals surface area (Å²) in [7, 11) is 0. The van der Waals surface area contributed by atoms with E-state index in [2.05, 4.69) is 5.32 Å².